The van der Waals surface area contributed by atoms with Crippen molar-refractivity contribution in [1.29, 1.82) is 0 Å². The molecular formula is C23H28N2O3. The van der Waals surface area contributed by atoms with E-state index in [-0.39, 0.29) is 5.91 Å². The zero-order valence-electron chi connectivity index (χ0n) is 16.6. The second-order valence-corrected chi connectivity index (χ2v) is 7.01. The van der Waals surface area contributed by atoms with E-state index in [2.05, 4.69) is 41.1 Å². The van der Waals surface area contributed by atoms with Gasteiger partial charge < -0.3 is 19.7 Å². The van der Waals surface area contributed by atoms with Crippen molar-refractivity contribution in [3.8, 4) is 11.5 Å². The van der Waals surface area contributed by atoms with Crippen molar-refractivity contribution in [3.05, 3.63) is 66.2 Å². The number of carbonyl (C=O) groups is 1. The van der Waals surface area contributed by atoms with Crippen LogP contribution in [0.4, 0.5) is 5.69 Å². The number of methoxy groups -OCH3 is 2. The molecular weight excluding hydrogens is 352 g/mol. The second kappa shape index (κ2) is 9.31. The van der Waals surface area contributed by atoms with Gasteiger partial charge in [0, 0.05) is 36.4 Å². The number of benzene rings is 2. The van der Waals surface area contributed by atoms with Gasteiger partial charge in [0.1, 0.15) is 0 Å². The Kier molecular flexibility index (Phi) is 6.58. The summed E-state index contributed by atoms with van der Waals surface area (Å²) in [4.78, 5) is 15.1. The topological polar surface area (TPSA) is 50.8 Å². The number of hydrogen-bond acceptors (Lipinski definition) is 4. The fourth-order valence-corrected chi connectivity index (χ4v) is 3.69. The number of nitrogens with one attached hydrogen (secondary N) is 1. The summed E-state index contributed by atoms with van der Waals surface area (Å²) >= 11 is 0. The molecule has 1 aliphatic rings. The van der Waals surface area contributed by atoms with E-state index >= 15 is 0 Å². The van der Waals surface area contributed by atoms with Crippen LogP contribution in [0.1, 0.15) is 22.3 Å². The molecule has 28 heavy (non-hydrogen) atoms. The number of para-hydroxylation sites is 1. The normalized spacial score (nSPS) is 15.9. The zero-order valence-corrected chi connectivity index (χ0v) is 16.6. The first-order valence-electron chi connectivity index (χ1n) is 9.60. The lowest BCUT2D eigenvalue weighted by Gasteiger charge is -2.19. The van der Waals surface area contributed by atoms with Gasteiger partial charge >= 0.3 is 0 Å². The molecule has 5 nitrogen and oxygen atoms in total. The number of rotatable bonds is 8. The number of carbonyl (C=O) groups excluding carboxylic acids is 1. The van der Waals surface area contributed by atoms with E-state index in [1.165, 1.54) is 5.69 Å². The Balaban J connectivity index is 1.63. The zero-order chi connectivity index (χ0) is 19.9. The molecule has 1 heterocycles. The largest absolute Gasteiger partial charge is 0.493 e. The standard InChI is InChI=1S/C23H28N2O3/c1-4-8-18-13-19(14-21(27-2)22(18)28-3)23(26)24-15-17-11-12-25(16-17)20-9-6-5-7-10-20/h4-7,9-10,13-14,17H,1,8,11-12,15-16H2,2-3H3,(H,24,26). The first-order chi connectivity index (χ1) is 13.7. The fraction of sp³-hybridized carbons (Fsp3) is 0.348. The number of nitrogens with zero attached hydrogens (tertiary/aromatic N) is 1. The van der Waals surface area contributed by atoms with E-state index in [1.807, 2.05) is 12.1 Å². The minimum absolute atomic E-state index is 0.0931. The summed E-state index contributed by atoms with van der Waals surface area (Å²) in [5.74, 6) is 1.55. The molecule has 2 aromatic carbocycles. The molecule has 1 fully saturated rings. The predicted molar refractivity (Wildman–Crippen MR) is 113 cm³/mol. The van der Waals surface area contributed by atoms with Crippen LogP contribution in [0, 0.1) is 5.92 Å². The van der Waals surface area contributed by atoms with Crippen molar-refractivity contribution in [2.75, 3.05) is 38.8 Å². The maximum absolute atomic E-state index is 12.7. The summed E-state index contributed by atoms with van der Waals surface area (Å²) in [6.45, 7) is 6.42. The van der Waals surface area contributed by atoms with E-state index in [9.17, 15) is 4.79 Å². The van der Waals surface area contributed by atoms with Gasteiger partial charge in [-0.1, -0.05) is 24.3 Å². The van der Waals surface area contributed by atoms with Gasteiger partial charge in [-0.25, -0.2) is 0 Å². The van der Waals surface area contributed by atoms with Crippen LogP contribution in [-0.4, -0.2) is 39.8 Å². The van der Waals surface area contributed by atoms with E-state index in [0.717, 1.165) is 25.1 Å². The molecule has 1 unspecified atom stereocenters. The third-order valence-electron chi connectivity index (χ3n) is 5.14. The van der Waals surface area contributed by atoms with Gasteiger partial charge in [0.25, 0.3) is 5.91 Å². The van der Waals surface area contributed by atoms with Crippen molar-refractivity contribution in [2.45, 2.75) is 12.8 Å². The van der Waals surface area contributed by atoms with Gasteiger partial charge in [-0.05, 0) is 43.0 Å². The lowest BCUT2D eigenvalue weighted by molar-refractivity contribution is 0.0947. The first-order valence-corrected chi connectivity index (χ1v) is 9.60. The van der Waals surface area contributed by atoms with Crippen LogP contribution in [0.25, 0.3) is 0 Å². The van der Waals surface area contributed by atoms with E-state index < -0.39 is 0 Å². The Morgan fingerprint density at radius 2 is 2.04 bits per heavy atom. The quantitative estimate of drug-likeness (QED) is 0.710. The smallest absolute Gasteiger partial charge is 0.251 e. The monoisotopic (exact) mass is 380 g/mol. The Labute approximate surface area is 167 Å². The van der Waals surface area contributed by atoms with Gasteiger partial charge in [0.15, 0.2) is 11.5 Å². The molecule has 148 valence electrons. The molecule has 1 amide bonds. The molecule has 1 atom stereocenters. The summed E-state index contributed by atoms with van der Waals surface area (Å²) in [5.41, 5.74) is 2.70. The molecule has 0 radical (unpaired) electrons. The van der Waals surface area contributed by atoms with Crippen LogP contribution in [0.15, 0.2) is 55.1 Å². The lowest BCUT2D eigenvalue weighted by Crippen LogP contribution is -2.31. The average molecular weight is 380 g/mol. The molecule has 1 saturated heterocycles. The molecule has 0 bridgehead atoms. The van der Waals surface area contributed by atoms with Crippen molar-refractivity contribution >= 4 is 11.6 Å². The van der Waals surface area contributed by atoms with Gasteiger partial charge in [0.2, 0.25) is 0 Å². The van der Waals surface area contributed by atoms with Gasteiger partial charge in [-0.3, -0.25) is 4.79 Å². The molecule has 0 aliphatic carbocycles. The molecule has 3 rings (SSSR count). The summed E-state index contributed by atoms with van der Waals surface area (Å²) in [6, 6.07) is 14.0. The lowest BCUT2D eigenvalue weighted by atomic mass is 10.0. The fourth-order valence-electron chi connectivity index (χ4n) is 3.69. The molecule has 2 aromatic rings. The average Bonchev–Trinajstić information content (AvgIpc) is 3.21. The summed E-state index contributed by atoms with van der Waals surface area (Å²) < 4.78 is 10.8. The minimum Gasteiger partial charge on any atom is -0.493 e. The highest BCUT2D eigenvalue weighted by atomic mass is 16.5. The molecule has 0 saturated carbocycles. The molecule has 5 heteroatoms. The number of anilines is 1. The van der Waals surface area contributed by atoms with Crippen LogP contribution in [0.3, 0.4) is 0 Å². The Morgan fingerprint density at radius 3 is 2.71 bits per heavy atom. The number of ether oxygens (including phenoxy) is 2. The van der Waals surface area contributed by atoms with Crippen LogP contribution in [-0.2, 0) is 6.42 Å². The summed E-state index contributed by atoms with van der Waals surface area (Å²) in [5, 5.41) is 3.08. The predicted octanol–water partition coefficient (Wildman–Crippen LogP) is 3.69. The molecule has 1 aliphatic heterocycles. The highest BCUT2D eigenvalue weighted by Gasteiger charge is 2.23. The first kappa shape index (κ1) is 19.8. The maximum Gasteiger partial charge on any atom is 0.251 e. The van der Waals surface area contributed by atoms with Crippen molar-refractivity contribution in [2.24, 2.45) is 5.92 Å². The Bertz CT molecular complexity index is 820. The SMILES string of the molecule is C=CCc1cc(C(=O)NCC2CCN(c3ccccc3)C2)cc(OC)c1OC. The third kappa shape index (κ3) is 4.47. The summed E-state index contributed by atoms with van der Waals surface area (Å²) in [7, 11) is 3.18. The molecule has 1 N–H and O–H groups in total. The summed E-state index contributed by atoms with van der Waals surface area (Å²) in [6.07, 6.45) is 3.47. The number of allylic oxidation sites excluding steroid dienone is 1. The van der Waals surface area contributed by atoms with E-state index in [4.69, 9.17) is 9.47 Å². The Morgan fingerprint density at radius 1 is 1.25 bits per heavy atom. The van der Waals surface area contributed by atoms with Crippen LogP contribution < -0.4 is 19.7 Å². The van der Waals surface area contributed by atoms with Crippen LogP contribution in [0.5, 0.6) is 11.5 Å². The highest BCUT2D eigenvalue weighted by molar-refractivity contribution is 5.95. The van der Waals surface area contributed by atoms with Crippen molar-refractivity contribution in [1.82, 2.24) is 5.32 Å². The van der Waals surface area contributed by atoms with E-state index in [1.54, 1.807) is 26.4 Å². The Hall–Kier alpha value is -2.95. The van der Waals surface area contributed by atoms with Gasteiger partial charge in [-0.15, -0.1) is 6.58 Å². The number of hydrogen-bond donors (Lipinski definition) is 1. The maximum atomic E-state index is 12.7. The number of amides is 1. The minimum atomic E-state index is -0.0931. The second-order valence-electron chi connectivity index (χ2n) is 7.01. The van der Waals surface area contributed by atoms with Gasteiger partial charge in [-0.2, -0.15) is 0 Å². The van der Waals surface area contributed by atoms with Crippen LogP contribution >= 0.6 is 0 Å². The van der Waals surface area contributed by atoms with Crippen molar-refractivity contribution in [3.63, 3.8) is 0 Å². The van der Waals surface area contributed by atoms with Crippen molar-refractivity contribution < 1.29 is 14.3 Å². The highest BCUT2D eigenvalue weighted by Crippen LogP contribution is 2.33. The van der Waals surface area contributed by atoms with Crippen LogP contribution in [0.2, 0.25) is 0 Å². The molecule has 0 aromatic heterocycles. The third-order valence-corrected chi connectivity index (χ3v) is 5.14. The molecule has 0 spiro atoms. The van der Waals surface area contributed by atoms with Gasteiger partial charge in [0.05, 0.1) is 14.2 Å². The van der Waals surface area contributed by atoms with E-state index in [0.29, 0.717) is 35.9 Å².